The number of ether oxygens (including phenoxy) is 1. The third-order valence-electron chi connectivity index (χ3n) is 3.80. The first-order valence-electron chi connectivity index (χ1n) is 8.07. The van der Waals surface area contributed by atoms with E-state index < -0.39 is 11.5 Å². The minimum Gasteiger partial charge on any atom is -0.491 e. The Morgan fingerprint density at radius 3 is 2.46 bits per heavy atom. The van der Waals surface area contributed by atoms with E-state index in [-0.39, 0.29) is 18.6 Å². The Bertz CT molecular complexity index is 648. The van der Waals surface area contributed by atoms with Gasteiger partial charge >= 0.3 is 0 Å². The molecule has 1 amide bonds. The summed E-state index contributed by atoms with van der Waals surface area (Å²) in [6.07, 6.45) is -0.638. The number of nitrogens with one attached hydrogen (secondary N) is 1. The molecule has 4 nitrogen and oxygen atoms in total. The first-order chi connectivity index (χ1) is 11.3. The monoisotopic (exact) mass is 347 g/mol. The van der Waals surface area contributed by atoms with E-state index in [1.807, 2.05) is 69.5 Å². The number of benzene rings is 1. The average molecular weight is 347 g/mol. The molecule has 24 heavy (non-hydrogen) atoms. The van der Waals surface area contributed by atoms with Crippen molar-refractivity contribution in [1.82, 2.24) is 5.32 Å². The summed E-state index contributed by atoms with van der Waals surface area (Å²) in [4.78, 5) is 13.4. The van der Waals surface area contributed by atoms with Gasteiger partial charge in [-0.05, 0) is 56.8 Å². The molecule has 1 aromatic carbocycles. The van der Waals surface area contributed by atoms with Gasteiger partial charge in [0.05, 0.1) is 17.6 Å². The zero-order valence-corrected chi connectivity index (χ0v) is 15.4. The first-order valence-corrected chi connectivity index (χ1v) is 8.95. The van der Waals surface area contributed by atoms with E-state index in [9.17, 15) is 9.90 Å². The molecule has 2 aromatic rings. The van der Waals surface area contributed by atoms with Crippen LogP contribution in [0.4, 0.5) is 0 Å². The van der Waals surface area contributed by atoms with Crippen molar-refractivity contribution in [3.63, 3.8) is 0 Å². The van der Waals surface area contributed by atoms with Gasteiger partial charge in [0.2, 0.25) is 5.91 Å². The highest BCUT2D eigenvalue weighted by molar-refractivity contribution is 7.10. The van der Waals surface area contributed by atoms with Gasteiger partial charge in [-0.25, -0.2) is 0 Å². The summed E-state index contributed by atoms with van der Waals surface area (Å²) in [5.74, 6) is 0.674. The topological polar surface area (TPSA) is 58.6 Å². The Morgan fingerprint density at radius 1 is 1.25 bits per heavy atom. The molecule has 0 aliphatic heterocycles. The summed E-state index contributed by atoms with van der Waals surface area (Å²) in [5, 5.41) is 15.1. The van der Waals surface area contributed by atoms with Crippen LogP contribution in [0.5, 0.6) is 5.75 Å². The third-order valence-corrected chi connectivity index (χ3v) is 4.99. The lowest BCUT2D eigenvalue weighted by atomic mass is 9.90. The molecule has 0 bridgehead atoms. The highest BCUT2D eigenvalue weighted by atomic mass is 32.1. The maximum Gasteiger partial charge on any atom is 0.231 e. The van der Waals surface area contributed by atoms with Gasteiger partial charge in [-0.15, -0.1) is 11.3 Å². The van der Waals surface area contributed by atoms with Crippen LogP contribution in [-0.4, -0.2) is 23.7 Å². The van der Waals surface area contributed by atoms with Crippen molar-refractivity contribution in [1.29, 1.82) is 0 Å². The van der Waals surface area contributed by atoms with Crippen molar-refractivity contribution in [2.45, 2.75) is 45.3 Å². The van der Waals surface area contributed by atoms with Crippen LogP contribution in [0.15, 0.2) is 41.8 Å². The van der Waals surface area contributed by atoms with Gasteiger partial charge in [-0.3, -0.25) is 4.79 Å². The molecule has 0 aliphatic carbocycles. The number of hydrogen-bond donors (Lipinski definition) is 2. The second kappa shape index (κ2) is 7.81. The smallest absolute Gasteiger partial charge is 0.231 e. The maximum absolute atomic E-state index is 12.4. The Hall–Kier alpha value is -1.85. The van der Waals surface area contributed by atoms with Gasteiger partial charge < -0.3 is 15.2 Å². The molecule has 0 saturated carbocycles. The predicted octanol–water partition coefficient (Wildman–Crippen LogP) is 3.66. The van der Waals surface area contributed by atoms with Crippen LogP contribution in [0.25, 0.3) is 0 Å². The summed E-state index contributed by atoms with van der Waals surface area (Å²) in [7, 11) is 0. The summed E-state index contributed by atoms with van der Waals surface area (Å²) < 4.78 is 5.58. The molecule has 0 aliphatic rings. The Labute approximate surface area is 147 Å². The van der Waals surface area contributed by atoms with Crippen molar-refractivity contribution < 1.29 is 14.6 Å². The van der Waals surface area contributed by atoms with Crippen LogP contribution in [0, 0.1) is 0 Å². The van der Waals surface area contributed by atoms with Crippen LogP contribution in [0.2, 0.25) is 0 Å². The molecule has 0 unspecified atom stereocenters. The first kappa shape index (κ1) is 18.5. The van der Waals surface area contributed by atoms with Crippen LogP contribution < -0.4 is 10.1 Å². The fourth-order valence-electron chi connectivity index (χ4n) is 2.31. The zero-order chi connectivity index (χ0) is 17.7. The van der Waals surface area contributed by atoms with Crippen molar-refractivity contribution in [3.8, 4) is 5.75 Å². The lowest BCUT2D eigenvalue weighted by Gasteiger charge is -2.23. The molecule has 130 valence electrons. The molecule has 1 aromatic heterocycles. The van der Waals surface area contributed by atoms with Gasteiger partial charge in [-0.2, -0.15) is 0 Å². The van der Waals surface area contributed by atoms with E-state index >= 15 is 0 Å². The van der Waals surface area contributed by atoms with Crippen LogP contribution in [-0.2, 0) is 10.2 Å². The van der Waals surface area contributed by atoms with E-state index in [2.05, 4.69) is 5.32 Å². The molecule has 0 radical (unpaired) electrons. The number of aliphatic hydroxyl groups is 1. The molecular formula is C19H25NO3S. The molecule has 0 fully saturated rings. The molecule has 2 rings (SSSR count). The van der Waals surface area contributed by atoms with Gasteiger partial charge in [0, 0.05) is 11.4 Å². The number of carbonyl (C=O) groups is 1. The second-order valence-corrected chi connectivity index (χ2v) is 7.51. The van der Waals surface area contributed by atoms with Crippen LogP contribution >= 0.6 is 11.3 Å². The predicted molar refractivity (Wildman–Crippen MR) is 97.5 cm³/mol. The summed E-state index contributed by atoms with van der Waals surface area (Å²) in [6, 6.07) is 11.2. The molecule has 1 atom stereocenters. The fourth-order valence-corrected chi connectivity index (χ4v) is 3.16. The van der Waals surface area contributed by atoms with Crippen LogP contribution in [0.1, 0.15) is 44.2 Å². The third kappa shape index (κ3) is 4.58. The summed E-state index contributed by atoms with van der Waals surface area (Å²) >= 11 is 1.56. The SMILES string of the molecule is CC(C)Oc1ccc([C@H](O)CNC(=O)C(C)(C)c2cccs2)cc1. The average Bonchev–Trinajstić information content (AvgIpc) is 3.07. The molecule has 0 spiro atoms. The number of carbonyl (C=O) groups excluding carboxylic acids is 1. The number of amides is 1. The van der Waals surface area contributed by atoms with Crippen LogP contribution in [0.3, 0.4) is 0 Å². The Kier molecular flexibility index (Phi) is 6.02. The number of hydrogen-bond acceptors (Lipinski definition) is 4. The molecular weight excluding hydrogens is 322 g/mol. The molecule has 1 heterocycles. The van der Waals surface area contributed by atoms with E-state index in [1.165, 1.54) is 0 Å². The number of aliphatic hydroxyl groups excluding tert-OH is 1. The zero-order valence-electron chi connectivity index (χ0n) is 14.6. The van der Waals surface area contributed by atoms with Crippen molar-refractivity contribution >= 4 is 17.2 Å². The largest absolute Gasteiger partial charge is 0.491 e. The van der Waals surface area contributed by atoms with Crippen molar-refractivity contribution in [2.24, 2.45) is 0 Å². The second-order valence-electron chi connectivity index (χ2n) is 6.56. The molecule has 2 N–H and O–H groups in total. The minimum absolute atomic E-state index is 0.0937. The van der Waals surface area contributed by atoms with Gasteiger partial charge in [0.15, 0.2) is 0 Å². The van der Waals surface area contributed by atoms with E-state index in [1.54, 1.807) is 11.3 Å². The van der Waals surface area contributed by atoms with Gasteiger partial charge in [0.1, 0.15) is 5.75 Å². The van der Waals surface area contributed by atoms with E-state index in [4.69, 9.17) is 4.74 Å². The Balaban J connectivity index is 1.92. The number of thiophene rings is 1. The highest BCUT2D eigenvalue weighted by Gasteiger charge is 2.30. The Morgan fingerprint density at radius 2 is 1.92 bits per heavy atom. The maximum atomic E-state index is 12.4. The number of rotatable bonds is 7. The minimum atomic E-state index is -0.749. The van der Waals surface area contributed by atoms with Gasteiger partial charge in [0.25, 0.3) is 0 Å². The van der Waals surface area contributed by atoms with E-state index in [0.717, 1.165) is 16.2 Å². The summed E-state index contributed by atoms with van der Waals surface area (Å²) in [5.41, 5.74) is 0.142. The quantitative estimate of drug-likeness (QED) is 0.803. The van der Waals surface area contributed by atoms with Crippen molar-refractivity contribution in [3.05, 3.63) is 52.2 Å². The summed E-state index contributed by atoms with van der Waals surface area (Å²) in [6.45, 7) is 7.89. The highest BCUT2D eigenvalue weighted by Crippen LogP contribution is 2.27. The van der Waals surface area contributed by atoms with E-state index in [0.29, 0.717) is 0 Å². The standard InChI is InChI=1S/C19H25NO3S/c1-13(2)23-15-9-7-14(8-10-15)16(21)12-20-18(22)19(3,4)17-6-5-11-24-17/h5-11,13,16,21H,12H2,1-4H3,(H,20,22)/t16-/m1/s1. The molecule has 5 heteroatoms. The normalized spacial score (nSPS) is 12.9. The lowest BCUT2D eigenvalue weighted by Crippen LogP contribution is -2.41. The van der Waals surface area contributed by atoms with Crippen molar-refractivity contribution in [2.75, 3.05) is 6.54 Å². The fraction of sp³-hybridized carbons (Fsp3) is 0.421. The van der Waals surface area contributed by atoms with Gasteiger partial charge in [-0.1, -0.05) is 18.2 Å². The molecule has 0 saturated heterocycles. The lowest BCUT2D eigenvalue weighted by molar-refractivity contribution is -0.126.